The van der Waals surface area contributed by atoms with E-state index in [0.717, 1.165) is 55.4 Å². The molecule has 0 saturated heterocycles. The average Bonchev–Trinajstić information content (AvgIpc) is 2.47. The summed E-state index contributed by atoms with van der Waals surface area (Å²) in [6.07, 6.45) is 5.25. The van der Waals surface area contributed by atoms with Gasteiger partial charge in [-0.25, -0.2) is 9.97 Å². The lowest BCUT2D eigenvalue weighted by Gasteiger charge is -2.15. The second-order valence-corrected chi connectivity index (χ2v) is 6.28. The van der Waals surface area contributed by atoms with Crippen molar-refractivity contribution in [2.45, 2.75) is 52.2 Å². The largest absolute Gasteiger partial charge is 0.370 e. The smallest absolute Gasteiger partial charge is 0.134 e. The minimum absolute atomic E-state index is 0.674. The van der Waals surface area contributed by atoms with Gasteiger partial charge in [0.25, 0.3) is 0 Å². The highest BCUT2D eigenvalue weighted by Gasteiger charge is 2.10. The van der Waals surface area contributed by atoms with E-state index in [2.05, 4.69) is 54.6 Å². The molecule has 0 fully saturated rings. The number of hydrogen-bond donors (Lipinski definition) is 2. The summed E-state index contributed by atoms with van der Waals surface area (Å²) in [5, 5.41) is 7.53. The maximum atomic E-state index is 4.61. The standard InChI is InChI=1S/C15H28N4S/c1-6-9-16-14-12(4)15(19-13(7-2)18-14)17-10-8-11(3)20-5/h11H,6-10H2,1-5H3,(H2,16,17,18,19). The van der Waals surface area contributed by atoms with Gasteiger partial charge in [0.15, 0.2) is 0 Å². The second kappa shape index (κ2) is 9.06. The van der Waals surface area contributed by atoms with Crippen molar-refractivity contribution in [3.8, 4) is 0 Å². The van der Waals surface area contributed by atoms with Crippen LogP contribution in [0, 0.1) is 6.92 Å². The highest BCUT2D eigenvalue weighted by Crippen LogP contribution is 2.20. The zero-order valence-electron chi connectivity index (χ0n) is 13.4. The fraction of sp³-hybridized carbons (Fsp3) is 0.733. The highest BCUT2D eigenvalue weighted by molar-refractivity contribution is 7.99. The number of nitrogens with one attached hydrogen (secondary N) is 2. The van der Waals surface area contributed by atoms with Gasteiger partial charge in [0, 0.05) is 30.3 Å². The molecule has 0 amide bonds. The molecule has 0 saturated carbocycles. The van der Waals surface area contributed by atoms with E-state index in [1.807, 2.05) is 11.8 Å². The summed E-state index contributed by atoms with van der Waals surface area (Å²) in [7, 11) is 0. The third kappa shape index (κ3) is 5.19. The minimum Gasteiger partial charge on any atom is -0.370 e. The van der Waals surface area contributed by atoms with E-state index < -0.39 is 0 Å². The Morgan fingerprint density at radius 2 is 1.70 bits per heavy atom. The predicted molar refractivity (Wildman–Crippen MR) is 91.0 cm³/mol. The van der Waals surface area contributed by atoms with Gasteiger partial charge in [-0.1, -0.05) is 20.8 Å². The number of aryl methyl sites for hydroxylation is 1. The Labute approximate surface area is 127 Å². The van der Waals surface area contributed by atoms with E-state index in [9.17, 15) is 0 Å². The molecule has 1 heterocycles. The lowest BCUT2D eigenvalue weighted by Crippen LogP contribution is -2.14. The lowest BCUT2D eigenvalue weighted by atomic mass is 10.2. The van der Waals surface area contributed by atoms with Crippen LogP contribution in [0.1, 0.15) is 45.0 Å². The topological polar surface area (TPSA) is 49.8 Å². The number of rotatable bonds is 9. The molecule has 1 aromatic heterocycles. The molecule has 4 nitrogen and oxygen atoms in total. The summed E-state index contributed by atoms with van der Waals surface area (Å²) in [6.45, 7) is 10.5. The molecular formula is C15H28N4S. The molecule has 5 heteroatoms. The van der Waals surface area contributed by atoms with Crippen molar-refractivity contribution in [1.82, 2.24) is 9.97 Å². The Bertz CT molecular complexity index is 409. The molecule has 0 radical (unpaired) electrons. The van der Waals surface area contributed by atoms with E-state index in [-0.39, 0.29) is 0 Å². The summed E-state index contributed by atoms with van der Waals surface area (Å²) < 4.78 is 0. The molecule has 2 N–H and O–H groups in total. The maximum absolute atomic E-state index is 4.61. The van der Waals surface area contributed by atoms with Gasteiger partial charge >= 0.3 is 0 Å². The summed E-state index contributed by atoms with van der Waals surface area (Å²) in [5.41, 5.74) is 1.12. The van der Waals surface area contributed by atoms with Crippen molar-refractivity contribution in [2.75, 3.05) is 30.0 Å². The fourth-order valence-corrected chi connectivity index (χ4v) is 2.17. The molecule has 1 aromatic rings. The summed E-state index contributed by atoms with van der Waals surface area (Å²) >= 11 is 1.90. The van der Waals surface area contributed by atoms with Gasteiger partial charge in [0.1, 0.15) is 17.5 Å². The molecule has 0 spiro atoms. The van der Waals surface area contributed by atoms with Crippen LogP contribution in [-0.4, -0.2) is 34.6 Å². The first kappa shape index (κ1) is 17.1. The highest BCUT2D eigenvalue weighted by atomic mass is 32.2. The summed E-state index contributed by atoms with van der Waals surface area (Å²) in [4.78, 5) is 9.20. The lowest BCUT2D eigenvalue weighted by molar-refractivity contribution is 0.840. The van der Waals surface area contributed by atoms with Crippen molar-refractivity contribution in [2.24, 2.45) is 0 Å². The van der Waals surface area contributed by atoms with Gasteiger partial charge in [-0.05, 0) is 26.0 Å². The predicted octanol–water partition coefficient (Wildman–Crippen LogP) is 3.72. The number of aromatic nitrogens is 2. The molecule has 1 rings (SSSR count). The number of anilines is 2. The van der Waals surface area contributed by atoms with E-state index in [1.54, 1.807) is 0 Å². The molecular weight excluding hydrogens is 268 g/mol. The Morgan fingerprint density at radius 1 is 1.10 bits per heavy atom. The van der Waals surface area contributed by atoms with Crippen LogP contribution in [0.3, 0.4) is 0 Å². The van der Waals surface area contributed by atoms with Crippen LogP contribution in [0.4, 0.5) is 11.6 Å². The van der Waals surface area contributed by atoms with E-state index in [1.165, 1.54) is 0 Å². The van der Waals surface area contributed by atoms with Crippen molar-refractivity contribution >= 4 is 23.4 Å². The molecule has 20 heavy (non-hydrogen) atoms. The van der Waals surface area contributed by atoms with Gasteiger partial charge in [-0.2, -0.15) is 11.8 Å². The average molecular weight is 296 g/mol. The SMILES string of the molecule is CCCNc1nc(CC)nc(NCCC(C)SC)c1C. The molecule has 0 aliphatic heterocycles. The maximum Gasteiger partial charge on any atom is 0.134 e. The molecule has 0 bridgehead atoms. The number of nitrogens with zero attached hydrogens (tertiary/aromatic N) is 2. The van der Waals surface area contributed by atoms with Crippen molar-refractivity contribution in [3.63, 3.8) is 0 Å². The monoisotopic (exact) mass is 296 g/mol. The fourth-order valence-electron chi connectivity index (χ4n) is 1.82. The Kier molecular flexibility index (Phi) is 7.73. The van der Waals surface area contributed by atoms with Crippen molar-refractivity contribution in [1.29, 1.82) is 0 Å². The van der Waals surface area contributed by atoms with Gasteiger partial charge in [-0.15, -0.1) is 0 Å². The van der Waals surface area contributed by atoms with Gasteiger partial charge < -0.3 is 10.6 Å². The normalized spacial score (nSPS) is 12.2. The van der Waals surface area contributed by atoms with Crippen LogP contribution >= 0.6 is 11.8 Å². The molecule has 0 aliphatic rings. The van der Waals surface area contributed by atoms with Crippen molar-refractivity contribution < 1.29 is 0 Å². The van der Waals surface area contributed by atoms with E-state index in [4.69, 9.17) is 0 Å². The van der Waals surface area contributed by atoms with Crippen LogP contribution in [0.2, 0.25) is 0 Å². The molecule has 114 valence electrons. The first-order valence-electron chi connectivity index (χ1n) is 7.50. The zero-order valence-corrected chi connectivity index (χ0v) is 14.2. The van der Waals surface area contributed by atoms with Gasteiger partial charge in [0.2, 0.25) is 0 Å². The summed E-state index contributed by atoms with van der Waals surface area (Å²) in [5.74, 6) is 2.84. The summed E-state index contributed by atoms with van der Waals surface area (Å²) in [6, 6.07) is 0. The Balaban J connectivity index is 2.77. The van der Waals surface area contributed by atoms with Crippen LogP contribution in [0.15, 0.2) is 0 Å². The first-order chi connectivity index (χ1) is 9.62. The zero-order chi connectivity index (χ0) is 15.0. The number of thioether (sulfide) groups is 1. The van der Waals surface area contributed by atoms with Crippen LogP contribution < -0.4 is 10.6 Å². The third-order valence-electron chi connectivity index (χ3n) is 3.30. The van der Waals surface area contributed by atoms with Crippen LogP contribution in [0.5, 0.6) is 0 Å². The third-order valence-corrected chi connectivity index (χ3v) is 4.34. The first-order valence-corrected chi connectivity index (χ1v) is 8.79. The van der Waals surface area contributed by atoms with Crippen LogP contribution in [-0.2, 0) is 6.42 Å². The van der Waals surface area contributed by atoms with E-state index in [0.29, 0.717) is 5.25 Å². The van der Waals surface area contributed by atoms with Crippen LogP contribution in [0.25, 0.3) is 0 Å². The molecule has 1 unspecified atom stereocenters. The van der Waals surface area contributed by atoms with Gasteiger partial charge in [0.05, 0.1) is 0 Å². The minimum atomic E-state index is 0.674. The quantitative estimate of drug-likeness (QED) is 0.727. The Hall–Kier alpha value is -0.970. The Morgan fingerprint density at radius 3 is 2.20 bits per heavy atom. The second-order valence-electron chi connectivity index (χ2n) is 5.00. The number of hydrogen-bond acceptors (Lipinski definition) is 5. The van der Waals surface area contributed by atoms with E-state index >= 15 is 0 Å². The van der Waals surface area contributed by atoms with Gasteiger partial charge in [-0.3, -0.25) is 0 Å². The molecule has 0 aliphatic carbocycles. The molecule has 0 aromatic carbocycles. The molecule has 1 atom stereocenters. The van der Waals surface area contributed by atoms with Crippen molar-refractivity contribution in [3.05, 3.63) is 11.4 Å².